The highest BCUT2D eigenvalue weighted by Gasteiger charge is 2.62. The molecule has 0 aliphatic heterocycles. The van der Waals surface area contributed by atoms with Gasteiger partial charge < -0.3 is 5.11 Å². The Morgan fingerprint density at radius 3 is 2.37 bits per heavy atom. The molecule has 174 valence electrons. The molecule has 0 saturated heterocycles. The SMILES string of the molecule is CC(C)CCC[C@@](C)(OO)[C@H]1CC[C@H]2[C@@H]3CCC4CC(O)CC[C@]4(C)[C@H]3CC[C@@]21C. The van der Waals surface area contributed by atoms with Gasteiger partial charge in [-0.15, -0.1) is 0 Å². The van der Waals surface area contributed by atoms with Crippen molar-refractivity contribution in [1.29, 1.82) is 0 Å². The quantitative estimate of drug-likeness (QED) is 0.356. The van der Waals surface area contributed by atoms with Gasteiger partial charge in [-0.1, -0.05) is 40.5 Å². The largest absolute Gasteiger partial charge is 0.393 e. The van der Waals surface area contributed by atoms with Crippen LogP contribution < -0.4 is 0 Å². The summed E-state index contributed by atoms with van der Waals surface area (Å²) in [6, 6.07) is 0. The van der Waals surface area contributed by atoms with E-state index in [0.717, 1.165) is 49.4 Å². The van der Waals surface area contributed by atoms with Gasteiger partial charge in [-0.2, -0.15) is 0 Å². The molecule has 4 fully saturated rings. The predicted octanol–water partition coefficient (Wildman–Crippen LogP) is 7.08. The second-order valence-corrected chi connectivity index (χ2v) is 12.9. The Labute approximate surface area is 185 Å². The number of hydrogen-bond donors (Lipinski definition) is 2. The average Bonchev–Trinajstić information content (AvgIpc) is 3.06. The van der Waals surface area contributed by atoms with Gasteiger partial charge >= 0.3 is 0 Å². The zero-order chi connectivity index (χ0) is 21.7. The van der Waals surface area contributed by atoms with Crippen molar-refractivity contribution in [3.63, 3.8) is 0 Å². The van der Waals surface area contributed by atoms with Crippen LogP contribution in [-0.4, -0.2) is 22.1 Å². The van der Waals surface area contributed by atoms with E-state index in [0.29, 0.717) is 22.7 Å². The highest BCUT2D eigenvalue weighted by Crippen LogP contribution is 2.69. The maximum absolute atomic E-state index is 10.3. The summed E-state index contributed by atoms with van der Waals surface area (Å²) in [6.45, 7) is 11.9. The first-order valence-electron chi connectivity index (χ1n) is 13.1. The maximum atomic E-state index is 10.3. The highest BCUT2D eigenvalue weighted by atomic mass is 17.1. The molecule has 0 aromatic rings. The Morgan fingerprint density at radius 2 is 1.67 bits per heavy atom. The summed E-state index contributed by atoms with van der Waals surface area (Å²) < 4.78 is 0. The van der Waals surface area contributed by atoms with E-state index in [9.17, 15) is 10.4 Å². The lowest BCUT2D eigenvalue weighted by Crippen LogP contribution is -2.55. The van der Waals surface area contributed by atoms with Gasteiger partial charge in [0, 0.05) is 0 Å². The molecule has 0 heterocycles. The summed E-state index contributed by atoms with van der Waals surface area (Å²) in [4.78, 5) is 5.34. The van der Waals surface area contributed by atoms with Gasteiger partial charge in [-0.25, -0.2) is 4.89 Å². The van der Waals surface area contributed by atoms with Gasteiger partial charge in [-0.3, -0.25) is 5.26 Å². The van der Waals surface area contributed by atoms with Gasteiger partial charge in [0.1, 0.15) is 5.60 Å². The van der Waals surface area contributed by atoms with E-state index in [-0.39, 0.29) is 6.10 Å². The van der Waals surface area contributed by atoms with E-state index in [4.69, 9.17) is 4.89 Å². The lowest BCUT2D eigenvalue weighted by Gasteiger charge is -2.61. The molecule has 3 nitrogen and oxygen atoms in total. The van der Waals surface area contributed by atoms with Crippen LogP contribution in [0, 0.1) is 46.3 Å². The fourth-order valence-corrected chi connectivity index (χ4v) is 9.38. The van der Waals surface area contributed by atoms with E-state index < -0.39 is 5.60 Å². The van der Waals surface area contributed by atoms with Crippen LogP contribution in [0.25, 0.3) is 0 Å². The molecule has 4 rings (SSSR count). The second-order valence-electron chi connectivity index (χ2n) is 12.9. The monoisotopic (exact) mass is 420 g/mol. The van der Waals surface area contributed by atoms with E-state index in [1.54, 1.807) is 0 Å². The molecule has 4 aliphatic rings. The zero-order valence-corrected chi connectivity index (χ0v) is 20.3. The molecule has 0 spiro atoms. The van der Waals surface area contributed by atoms with Crippen LogP contribution in [0.1, 0.15) is 112 Å². The summed E-state index contributed by atoms with van der Waals surface area (Å²) in [5.74, 6) is 4.36. The Hall–Kier alpha value is -0.120. The topological polar surface area (TPSA) is 49.7 Å². The number of rotatable bonds is 6. The molecule has 4 saturated carbocycles. The fraction of sp³-hybridized carbons (Fsp3) is 1.00. The van der Waals surface area contributed by atoms with Crippen molar-refractivity contribution in [2.45, 2.75) is 123 Å². The van der Waals surface area contributed by atoms with Crippen molar-refractivity contribution in [2.75, 3.05) is 0 Å². The molecular weight excluding hydrogens is 372 g/mol. The van der Waals surface area contributed by atoms with Crippen molar-refractivity contribution >= 4 is 0 Å². The van der Waals surface area contributed by atoms with Crippen molar-refractivity contribution in [3.8, 4) is 0 Å². The van der Waals surface area contributed by atoms with Crippen molar-refractivity contribution in [1.82, 2.24) is 0 Å². The van der Waals surface area contributed by atoms with Crippen LogP contribution in [0.5, 0.6) is 0 Å². The predicted molar refractivity (Wildman–Crippen MR) is 122 cm³/mol. The minimum atomic E-state index is -0.402. The maximum Gasteiger partial charge on any atom is 0.104 e. The molecule has 0 radical (unpaired) electrons. The molecule has 2 unspecified atom stereocenters. The van der Waals surface area contributed by atoms with Gasteiger partial charge in [0.15, 0.2) is 0 Å². The summed E-state index contributed by atoms with van der Waals surface area (Å²) in [7, 11) is 0. The minimum absolute atomic E-state index is 0.0578. The lowest BCUT2D eigenvalue weighted by molar-refractivity contribution is -0.343. The Morgan fingerprint density at radius 1 is 0.967 bits per heavy atom. The lowest BCUT2D eigenvalue weighted by atomic mass is 9.44. The zero-order valence-electron chi connectivity index (χ0n) is 20.3. The van der Waals surface area contributed by atoms with Gasteiger partial charge in [0.05, 0.1) is 6.10 Å². The first-order chi connectivity index (χ1) is 14.1. The van der Waals surface area contributed by atoms with E-state index in [1.165, 1.54) is 51.4 Å². The molecule has 0 aromatic heterocycles. The summed E-state index contributed by atoms with van der Waals surface area (Å²) in [6.07, 6.45) is 14.4. The van der Waals surface area contributed by atoms with Crippen molar-refractivity contribution < 1.29 is 15.3 Å². The number of fused-ring (bicyclic) bond motifs is 5. The standard InChI is InChI=1S/C27H48O3/c1-18(2)7-6-14-27(5,30-29)24-11-10-22-21-9-8-19-17-20(28)12-15-25(19,3)23(21)13-16-26(22,24)4/h18-24,28-29H,6-17H2,1-5H3/t19?,20?,21-,22-,23-,24-,25-,26-,27+/m0/s1. The average molecular weight is 421 g/mol. The van der Waals surface area contributed by atoms with Gasteiger partial charge in [0.2, 0.25) is 0 Å². The molecule has 3 heteroatoms. The number of aliphatic hydroxyl groups excluding tert-OH is 1. The first-order valence-corrected chi connectivity index (χ1v) is 13.1. The van der Waals surface area contributed by atoms with E-state index >= 15 is 0 Å². The Bertz CT molecular complexity index is 605. The molecule has 0 amide bonds. The fourth-order valence-electron chi connectivity index (χ4n) is 9.38. The Kier molecular flexibility index (Phi) is 6.41. The van der Waals surface area contributed by atoms with E-state index in [1.807, 2.05) is 0 Å². The van der Waals surface area contributed by atoms with Crippen LogP contribution in [0.3, 0.4) is 0 Å². The van der Waals surface area contributed by atoms with Crippen LogP contribution in [0.4, 0.5) is 0 Å². The van der Waals surface area contributed by atoms with Crippen LogP contribution in [0.2, 0.25) is 0 Å². The van der Waals surface area contributed by atoms with Crippen molar-refractivity contribution in [3.05, 3.63) is 0 Å². The van der Waals surface area contributed by atoms with Crippen LogP contribution in [0.15, 0.2) is 0 Å². The molecule has 4 aliphatic carbocycles. The third-order valence-corrected chi connectivity index (χ3v) is 11.0. The molecule has 9 atom stereocenters. The molecule has 30 heavy (non-hydrogen) atoms. The summed E-state index contributed by atoms with van der Waals surface area (Å²) >= 11 is 0. The molecule has 0 bridgehead atoms. The number of hydrogen-bond acceptors (Lipinski definition) is 3. The molecular formula is C27H48O3. The van der Waals surface area contributed by atoms with Crippen molar-refractivity contribution in [2.24, 2.45) is 46.3 Å². The minimum Gasteiger partial charge on any atom is -0.393 e. The summed E-state index contributed by atoms with van der Waals surface area (Å²) in [5.41, 5.74) is 0.338. The molecule has 2 N–H and O–H groups in total. The number of aliphatic hydroxyl groups is 1. The second kappa shape index (κ2) is 8.34. The Balaban J connectivity index is 1.52. The summed E-state index contributed by atoms with van der Waals surface area (Å²) in [5, 5.41) is 20.3. The van der Waals surface area contributed by atoms with Gasteiger partial charge in [-0.05, 0) is 117 Å². The normalized spacial score (nSPS) is 48.0. The third kappa shape index (κ3) is 3.69. The third-order valence-electron chi connectivity index (χ3n) is 11.0. The highest BCUT2D eigenvalue weighted by molar-refractivity contribution is 5.11. The molecule has 0 aromatic carbocycles. The smallest absolute Gasteiger partial charge is 0.104 e. The van der Waals surface area contributed by atoms with Crippen LogP contribution >= 0.6 is 0 Å². The van der Waals surface area contributed by atoms with E-state index in [2.05, 4.69) is 34.6 Å². The first kappa shape index (κ1) is 23.1. The van der Waals surface area contributed by atoms with Crippen LogP contribution in [-0.2, 0) is 4.89 Å². The van der Waals surface area contributed by atoms with Gasteiger partial charge in [0.25, 0.3) is 0 Å².